The first-order valence-corrected chi connectivity index (χ1v) is 14.9. The van der Waals surface area contributed by atoms with Crippen LogP contribution < -0.4 is 14.4 Å². The Bertz CT molecular complexity index is 1470. The number of aromatic nitrogens is 3. The second-order valence-corrected chi connectivity index (χ2v) is 12.5. The number of hydrogen-bond acceptors (Lipinski definition) is 7. The van der Waals surface area contributed by atoms with Gasteiger partial charge in [0, 0.05) is 30.7 Å². The molecule has 8 heteroatoms. The van der Waals surface area contributed by atoms with Crippen LogP contribution >= 0.6 is 0 Å². The lowest BCUT2D eigenvalue weighted by molar-refractivity contribution is -0.284. The smallest absolute Gasteiger partial charge is 0.162 e. The molecule has 0 saturated carbocycles. The number of rotatable bonds is 9. The Morgan fingerprint density at radius 2 is 1.40 bits per heavy atom. The highest BCUT2D eigenvalue weighted by Crippen LogP contribution is 2.37. The maximum atomic E-state index is 6.09. The van der Waals surface area contributed by atoms with E-state index in [1.807, 2.05) is 44.4 Å². The number of hydrogen-bond donors (Lipinski definition) is 0. The zero-order chi connectivity index (χ0) is 29.3. The van der Waals surface area contributed by atoms with Gasteiger partial charge < -0.3 is 28.4 Å². The Hall–Kier alpha value is -3.62. The van der Waals surface area contributed by atoms with Crippen molar-refractivity contribution >= 4 is 16.9 Å². The Balaban J connectivity index is 1.42. The summed E-state index contributed by atoms with van der Waals surface area (Å²) < 4.78 is 25.3. The summed E-state index contributed by atoms with van der Waals surface area (Å²) in [6.07, 6.45) is 6.34. The first kappa shape index (κ1) is 28.5. The Morgan fingerprint density at radius 1 is 0.833 bits per heavy atom. The lowest BCUT2D eigenvalue weighted by atomic mass is 9.90. The predicted octanol–water partition coefficient (Wildman–Crippen LogP) is 6.32. The Kier molecular flexibility index (Phi) is 7.85. The van der Waals surface area contributed by atoms with E-state index in [-0.39, 0.29) is 5.41 Å². The van der Waals surface area contributed by atoms with Gasteiger partial charge in [0.1, 0.15) is 17.0 Å². The van der Waals surface area contributed by atoms with E-state index in [4.69, 9.17) is 28.9 Å². The average Bonchev–Trinajstić information content (AvgIpc) is 3.42. The van der Waals surface area contributed by atoms with Crippen LogP contribution in [0.3, 0.4) is 0 Å². The Morgan fingerprint density at radius 3 is 1.98 bits per heavy atom. The van der Waals surface area contributed by atoms with Crippen molar-refractivity contribution in [3.05, 3.63) is 77.2 Å². The summed E-state index contributed by atoms with van der Waals surface area (Å²) in [5.74, 6) is 2.08. The molecule has 1 aliphatic carbocycles. The molecule has 3 heterocycles. The van der Waals surface area contributed by atoms with Crippen LogP contribution in [0, 0.1) is 5.41 Å². The molecule has 1 saturated heterocycles. The minimum atomic E-state index is -0.545. The lowest BCUT2D eigenvalue weighted by Gasteiger charge is -2.41. The van der Waals surface area contributed by atoms with Gasteiger partial charge in [-0.2, -0.15) is 0 Å². The standard InChI is InChI=1S/C34H42N4O4/c1-33(2)41-21-34(3,22-42-33)20-38-23-35-30-31(38)28-8-6-7-9-29(28)36-32(30)37(18-24-10-14-26(39-4)15-11-24)19-25-12-16-27(40-5)17-13-25/h10-17,23H,6-9,18-22H2,1-5H3. The summed E-state index contributed by atoms with van der Waals surface area (Å²) in [5.41, 5.74) is 6.91. The highest BCUT2D eigenvalue weighted by atomic mass is 16.7. The number of benzene rings is 2. The molecule has 6 rings (SSSR count). The van der Waals surface area contributed by atoms with Gasteiger partial charge in [0.15, 0.2) is 11.6 Å². The van der Waals surface area contributed by atoms with E-state index in [1.165, 1.54) is 34.3 Å². The number of ether oxygens (including phenoxy) is 4. The zero-order valence-electron chi connectivity index (χ0n) is 25.5. The van der Waals surface area contributed by atoms with Crippen LogP contribution in [0.2, 0.25) is 0 Å². The number of anilines is 1. The number of aryl methyl sites for hydroxylation is 2. The summed E-state index contributed by atoms with van der Waals surface area (Å²) >= 11 is 0. The predicted molar refractivity (Wildman–Crippen MR) is 164 cm³/mol. The van der Waals surface area contributed by atoms with Crippen LogP contribution in [-0.4, -0.2) is 47.8 Å². The van der Waals surface area contributed by atoms with Gasteiger partial charge in [-0.15, -0.1) is 0 Å². The molecular formula is C34H42N4O4. The summed E-state index contributed by atoms with van der Waals surface area (Å²) in [6.45, 7) is 9.63. The van der Waals surface area contributed by atoms with E-state index in [0.717, 1.165) is 48.6 Å². The van der Waals surface area contributed by atoms with Crippen molar-refractivity contribution in [2.75, 3.05) is 32.3 Å². The summed E-state index contributed by atoms with van der Waals surface area (Å²) in [7, 11) is 3.39. The van der Waals surface area contributed by atoms with E-state index < -0.39 is 5.79 Å². The summed E-state index contributed by atoms with van der Waals surface area (Å²) in [5, 5.41) is 0. The van der Waals surface area contributed by atoms with Gasteiger partial charge in [0.2, 0.25) is 0 Å². The number of pyridine rings is 1. The Labute approximate surface area is 248 Å². The summed E-state index contributed by atoms with van der Waals surface area (Å²) in [4.78, 5) is 12.8. The van der Waals surface area contributed by atoms with Crippen molar-refractivity contribution in [3.63, 3.8) is 0 Å². The molecule has 0 unspecified atom stereocenters. The molecule has 1 aliphatic heterocycles. The van der Waals surface area contributed by atoms with E-state index >= 15 is 0 Å². The fourth-order valence-corrected chi connectivity index (χ4v) is 6.04. The SMILES string of the molecule is COc1ccc(CN(Cc2ccc(OC)cc2)c2nc3c(c4c2ncn4CC2(C)COC(C)(C)OC2)CCCC3)cc1. The number of imidazole rings is 1. The molecule has 0 spiro atoms. The maximum absolute atomic E-state index is 6.09. The third kappa shape index (κ3) is 5.96. The molecule has 0 radical (unpaired) electrons. The molecule has 2 aliphatic rings. The van der Waals surface area contributed by atoms with Gasteiger partial charge >= 0.3 is 0 Å². The first-order chi connectivity index (χ1) is 20.3. The molecule has 222 valence electrons. The van der Waals surface area contributed by atoms with E-state index in [0.29, 0.717) is 26.3 Å². The lowest BCUT2D eigenvalue weighted by Crippen LogP contribution is -2.46. The van der Waals surface area contributed by atoms with Crippen LogP contribution in [-0.2, 0) is 41.9 Å². The molecular weight excluding hydrogens is 528 g/mol. The molecule has 0 N–H and O–H groups in total. The quantitative estimate of drug-likeness (QED) is 0.233. The zero-order valence-corrected chi connectivity index (χ0v) is 25.5. The van der Waals surface area contributed by atoms with Crippen molar-refractivity contribution in [2.45, 2.75) is 71.9 Å². The van der Waals surface area contributed by atoms with Crippen molar-refractivity contribution < 1.29 is 18.9 Å². The molecule has 4 aromatic rings. The largest absolute Gasteiger partial charge is 0.497 e. The number of methoxy groups -OCH3 is 2. The first-order valence-electron chi connectivity index (χ1n) is 14.9. The molecule has 1 fully saturated rings. The van der Waals surface area contributed by atoms with Gasteiger partial charge in [0.05, 0.1) is 39.3 Å². The maximum Gasteiger partial charge on any atom is 0.162 e. The van der Waals surface area contributed by atoms with E-state index in [2.05, 4.69) is 40.7 Å². The van der Waals surface area contributed by atoms with Crippen LogP contribution in [0.1, 0.15) is 56.0 Å². The molecule has 0 amide bonds. The van der Waals surface area contributed by atoms with Gasteiger partial charge in [-0.05, 0) is 80.5 Å². The van der Waals surface area contributed by atoms with Gasteiger partial charge in [-0.3, -0.25) is 0 Å². The van der Waals surface area contributed by atoms with E-state index in [1.54, 1.807) is 14.2 Å². The van der Waals surface area contributed by atoms with Crippen molar-refractivity contribution in [1.82, 2.24) is 14.5 Å². The molecule has 42 heavy (non-hydrogen) atoms. The summed E-state index contributed by atoms with van der Waals surface area (Å²) in [6, 6.07) is 16.6. The minimum Gasteiger partial charge on any atom is -0.497 e. The fraction of sp³-hybridized carbons (Fsp3) is 0.471. The van der Waals surface area contributed by atoms with Crippen LogP contribution in [0.15, 0.2) is 54.9 Å². The van der Waals surface area contributed by atoms with Crippen LogP contribution in [0.4, 0.5) is 5.82 Å². The highest BCUT2D eigenvalue weighted by Gasteiger charge is 2.37. The van der Waals surface area contributed by atoms with Crippen molar-refractivity contribution in [1.29, 1.82) is 0 Å². The normalized spacial score (nSPS) is 17.5. The van der Waals surface area contributed by atoms with Gasteiger partial charge in [0.25, 0.3) is 0 Å². The average molecular weight is 571 g/mol. The fourth-order valence-electron chi connectivity index (χ4n) is 6.04. The van der Waals surface area contributed by atoms with Crippen molar-refractivity contribution in [2.24, 2.45) is 5.41 Å². The second kappa shape index (κ2) is 11.6. The molecule has 2 aromatic heterocycles. The molecule has 2 aromatic carbocycles. The number of fused-ring (bicyclic) bond motifs is 3. The minimum absolute atomic E-state index is 0.153. The van der Waals surface area contributed by atoms with Gasteiger partial charge in [-0.1, -0.05) is 31.2 Å². The topological polar surface area (TPSA) is 70.9 Å². The molecule has 0 atom stereocenters. The van der Waals surface area contributed by atoms with Crippen LogP contribution in [0.5, 0.6) is 11.5 Å². The molecule has 8 nitrogen and oxygen atoms in total. The van der Waals surface area contributed by atoms with Gasteiger partial charge in [-0.25, -0.2) is 9.97 Å². The van der Waals surface area contributed by atoms with Crippen molar-refractivity contribution in [3.8, 4) is 11.5 Å². The van der Waals surface area contributed by atoms with E-state index in [9.17, 15) is 0 Å². The third-order valence-corrected chi connectivity index (χ3v) is 8.47. The monoisotopic (exact) mass is 570 g/mol. The third-order valence-electron chi connectivity index (χ3n) is 8.47. The number of nitrogens with zero attached hydrogens (tertiary/aromatic N) is 4. The highest BCUT2D eigenvalue weighted by molar-refractivity contribution is 5.90. The second-order valence-electron chi connectivity index (χ2n) is 12.5. The molecule has 0 bridgehead atoms. The van der Waals surface area contributed by atoms with Crippen LogP contribution in [0.25, 0.3) is 11.0 Å².